The van der Waals surface area contributed by atoms with Crippen molar-refractivity contribution in [1.29, 1.82) is 0 Å². The van der Waals surface area contributed by atoms with E-state index in [-0.39, 0.29) is 52.3 Å². The summed E-state index contributed by atoms with van der Waals surface area (Å²) in [5.74, 6) is 0. The lowest BCUT2D eigenvalue weighted by molar-refractivity contribution is 0.561. The molecule has 8 heteroatoms. The Hall–Kier alpha value is -1.15. The molecule has 102 valence electrons. The molecule has 0 bridgehead atoms. The van der Waals surface area contributed by atoms with Crippen LogP contribution in [0.25, 0.3) is 11.0 Å². The zero-order chi connectivity index (χ0) is 7.68. The standard InChI is InChI=1S/C9H6O2.2ClH.4H2O/c10-9-6-5-7-3-1-2-4-8(7)11-9;;;;;;/h1-6H;2*1H;4*1H2. The molecule has 0 aliphatic rings. The Morgan fingerprint density at radius 3 is 1.88 bits per heavy atom. The summed E-state index contributed by atoms with van der Waals surface area (Å²) in [6, 6.07) is 10.6. The van der Waals surface area contributed by atoms with E-state index >= 15 is 0 Å². The van der Waals surface area contributed by atoms with Crippen LogP contribution in [-0.2, 0) is 0 Å². The van der Waals surface area contributed by atoms with Gasteiger partial charge in [0.15, 0.2) is 0 Å². The monoisotopic (exact) mass is 290 g/mol. The molecule has 0 aliphatic heterocycles. The third kappa shape index (κ3) is 6.90. The average Bonchev–Trinajstić information content (AvgIpc) is 2.04. The highest BCUT2D eigenvalue weighted by atomic mass is 35.5. The summed E-state index contributed by atoms with van der Waals surface area (Å²) in [5.41, 5.74) is 0.337. The average molecular weight is 291 g/mol. The van der Waals surface area contributed by atoms with Crippen molar-refractivity contribution in [1.82, 2.24) is 0 Å². The quantitative estimate of drug-likeness (QED) is 0.590. The third-order valence-corrected chi connectivity index (χ3v) is 1.53. The van der Waals surface area contributed by atoms with E-state index in [1.54, 1.807) is 12.1 Å². The minimum absolute atomic E-state index is 0. The van der Waals surface area contributed by atoms with Gasteiger partial charge in [0.1, 0.15) is 5.58 Å². The van der Waals surface area contributed by atoms with Crippen molar-refractivity contribution in [2.75, 3.05) is 0 Å². The van der Waals surface area contributed by atoms with Crippen molar-refractivity contribution in [3.63, 3.8) is 0 Å². The van der Waals surface area contributed by atoms with Crippen molar-refractivity contribution in [2.45, 2.75) is 0 Å². The van der Waals surface area contributed by atoms with Crippen LogP contribution >= 0.6 is 24.8 Å². The number of halogens is 2. The molecular formula is C9H16Cl2O6. The first-order valence-electron chi connectivity index (χ1n) is 3.35. The van der Waals surface area contributed by atoms with Crippen LogP contribution in [0, 0.1) is 0 Å². The molecule has 0 fully saturated rings. The molecule has 0 amide bonds. The molecule has 17 heavy (non-hydrogen) atoms. The third-order valence-electron chi connectivity index (χ3n) is 1.53. The lowest BCUT2D eigenvalue weighted by atomic mass is 10.2. The molecule has 0 atom stereocenters. The molecule has 0 radical (unpaired) electrons. The highest BCUT2D eigenvalue weighted by Crippen LogP contribution is 2.08. The lowest BCUT2D eigenvalue weighted by Crippen LogP contribution is -1.93. The van der Waals surface area contributed by atoms with Gasteiger partial charge in [0.25, 0.3) is 0 Å². The second-order valence-corrected chi connectivity index (χ2v) is 2.29. The van der Waals surface area contributed by atoms with Gasteiger partial charge in [0, 0.05) is 11.5 Å². The molecule has 1 aromatic carbocycles. The fourth-order valence-electron chi connectivity index (χ4n) is 1.01. The van der Waals surface area contributed by atoms with Crippen LogP contribution < -0.4 is 5.63 Å². The molecule has 0 aliphatic carbocycles. The van der Waals surface area contributed by atoms with Crippen LogP contribution in [0.1, 0.15) is 0 Å². The van der Waals surface area contributed by atoms with Crippen LogP contribution in [0.5, 0.6) is 0 Å². The predicted molar refractivity (Wildman–Crippen MR) is 71.4 cm³/mol. The van der Waals surface area contributed by atoms with Gasteiger partial charge in [-0.3, -0.25) is 0 Å². The van der Waals surface area contributed by atoms with E-state index in [1.165, 1.54) is 6.07 Å². The summed E-state index contributed by atoms with van der Waals surface area (Å²) in [6.07, 6.45) is 0. The van der Waals surface area contributed by atoms with E-state index in [0.717, 1.165) is 5.39 Å². The predicted octanol–water partition coefficient (Wildman–Crippen LogP) is -0.662. The van der Waals surface area contributed by atoms with E-state index in [2.05, 4.69) is 0 Å². The summed E-state index contributed by atoms with van der Waals surface area (Å²) in [5, 5.41) is 0.951. The largest absolute Gasteiger partial charge is 0.423 e. The van der Waals surface area contributed by atoms with Crippen molar-refractivity contribution < 1.29 is 26.3 Å². The smallest absolute Gasteiger partial charge is 0.336 e. The van der Waals surface area contributed by atoms with Crippen LogP contribution in [0.15, 0.2) is 45.6 Å². The van der Waals surface area contributed by atoms with Crippen LogP contribution in [0.3, 0.4) is 0 Å². The summed E-state index contributed by atoms with van der Waals surface area (Å²) < 4.78 is 4.91. The molecule has 0 unspecified atom stereocenters. The van der Waals surface area contributed by atoms with Gasteiger partial charge in [-0.2, -0.15) is 0 Å². The number of benzene rings is 1. The summed E-state index contributed by atoms with van der Waals surface area (Å²) >= 11 is 0. The zero-order valence-electron chi connectivity index (χ0n) is 8.60. The van der Waals surface area contributed by atoms with Gasteiger partial charge >= 0.3 is 5.63 Å². The molecule has 2 aromatic rings. The summed E-state index contributed by atoms with van der Waals surface area (Å²) in [7, 11) is 0. The van der Waals surface area contributed by atoms with E-state index < -0.39 is 0 Å². The SMILES string of the molecule is Cl.Cl.O.O.O.O.O=c1ccc2ccccc2o1. The second-order valence-electron chi connectivity index (χ2n) is 2.29. The summed E-state index contributed by atoms with van der Waals surface area (Å²) in [6.45, 7) is 0. The Bertz CT molecular complexity index is 444. The maximum Gasteiger partial charge on any atom is 0.336 e. The maximum atomic E-state index is 10.7. The number of para-hydroxylation sites is 1. The highest BCUT2D eigenvalue weighted by Gasteiger charge is 1.92. The molecule has 6 nitrogen and oxygen atoms in total. The Kier molecular flexibility index (Phi) is 22.6. The molecule has 2 rings (SSSR count). The van der Waals surface area contributed by atoms with Gasteiger partial charge in [0.05, 0.1) is 0 Å². The first-order chi connectivity index (χ1) is 5.36. The van der Waals surface area contributed by atoms with Gasteiger partial charge in [0.2, 0.25) is 0 Å². The number of hydrogen-bond donors (Lipinski definition) is 0. The minimum Gasteiger partial charge on any atom is -0.423 e. The molecular weight excluding hydrogens is 275 g/mol. The molecule has 8 N–H and O–H groups in total. The molecule has 0 saturated carbocycles. The zero-order valence-corrected chi connectivity index (χ0v) is 10.2. The number of hydrogen-bond acceptors (Lipinski definition) is 2. The van der Waals surface area contributed by atoms with Gasteiger partial charge < -0.3 is 26.3 Å². The van der Waals surface area contributed by atoms with Gasteiger partial charge in [-0.15, -0.1) is 24.8 Å². The fraction of sp³-hybridized carbons (Fsp3) is 0. The molecule has 1 aromatic heterocycles. The van der Waals surface area contributed by atoms with E-state index in [9.17, 15) is 4.79 Å². The number of fused-ring (bicyclic) bond motifs is 1. The van der Waals surface area contributed by atoms with Crippen molar-refractivity contribution >= 4 is 35.8 Å². The molecule has 0 spiro atoms. The van der Waals surface area contributed by atoms with Crippen LogP contribution in [0.4, 0.5) is 0 Å². The Balaban J connectivity index is -0.0000000800. The summed E-state index contributed by atoms with van der Waals surface area (Å²) in [4.78, 5) is 10.7. The topological polar surface area (TPSA) is 156 Å². The van der Waals surface area contributed by atoms with Gasteiger partial charge in [-0.25, -0.2) is 4.79 Å². The Morgan fingerprint density at radius 1 is 0.765 bits per heavy atom. The lowest BCUT2D eigenvalue weighted by Gasteiger charge is -1.91. The highest BCUT2D eigenvalue weighted by molar-refractivity contribution is 5.85. The first-order valence-corrected chi connectivity index (χ1v) is 3.35. The van der Waals surface area contributed by atoms with Crippen molar-refractivity contribution in [2.24, 2.45) is 0 Å². The number of rotatable bonds is 0. The van der Waals surface area contributed by atoms with Crippen LogP contribution in [0.2, 0.25) is 0 Å². The second kappa shape index (κ2) is 12.9. The van der Waals surface area contributed by atoms with E-state index in [4.69, 9.17) is 4.42 Å². The van der Waals surface area contributed by atoms with E-state index in [0.29, 0.717) is 5.58 Å². The van der Waals surface area contributed by atoms with Gasteiger partial charge in [-0.05, 0) is 12.1 Å². The first kappa shape index (κ1) is 29.7. The van der Waals surface area contributed by atoms with Crippen molar-refractivity contribution in [3.8, 4) is 0 Å². The van der Waals surface area contributed by atoms with E-state index in [1.807, 2.05) is 18.2 Å². The molecule has 1 heterocycles. The van der Waals surface area contributed by atoms with Crippen LogP contribution in [-0.4, -0.2) is 21.9 Å². The maximum absolute atomic E-state index is 10.7. The molecule has 0 saturated heterocycles. The van der Waals surface area contributed by atoms with Crippen molar-refractivity contribution in [3.05, 3.63) is 46.8 Å². The normalized spacial score (nSPS) is 6.59. The fourth-order valence-corrected chi connectivity index (χ4v) is 1.01. The van der Waals surface area contributed by atoms with Gasteiger partial charge in [-0.1, -0.05) is 18.2 Å². The Labute approximate surface area is 109 Å². The minimum atomic E-state index is -0.302. The Morgan fingerprint density at radius 2 is 1.29 bits per heavy atom.